The summed E-state index contributed by atoms with van der Waals surface area (Å²) in [7, 11) is 0. The molecule has 2 fully saturated rings. The van der Waals surface area contributed by atoms with E-state index in [1.165, 1.54) is 25.7 Å². The highest BCUT2D eigenvalue weighted by molar-refractivity contribution is 5.81. The molecule has 0 bridgehead atoms. The van der Waals surface area contributed by atoms with Gasteiger partial charge in [0.15, 0.2) is 0 Å². The molecule has 74 valence electrons. The molecule has 1 unspecified atom stereocenters. The van der Waals surface area contributed by atoms with Crippen molar-refractivity contribution in [2.45, 2.75) is 51.0 Å². The van der Waals surface area contributed by atoms with E-state index in [-0.39, 0.29) is 0 Å². The number of carbonyl (C=O) groups is 1. The summed E-state index contributed by atoms with van der Waals surface area (Å²) < 4.78 is 0. The Balaban J connectivity index is 1.74. The van der Waals surface area contributed by atoms with Gasteiger partial charge in [0.05, 0.1) is 0 Å². The molecule has 1 heterocycles. The Hall–Kier alpha value is -0.370. The van der Waals surface area contributed by atoms with Crippen molar-refractivity contribution in [1.29, 1.82) is 0 Å². The molecule has 1 N–H and O–H groups in total. The summed E-state index contributed by atoms with van der Waals surface area (Å²) in [6.45, 7) is 1.11. The van der Waals surface area contributed by atoms with E-state index < -0.39 is 0 Å². The zero-order valence-electron chi connectivity index (χ0n) is 8.22. The Morgan fingerprint density at radius 2 is 1.85 bits per heavy atom. The van der Waals surface area contributed by atoms with Gasteiger partial charge in [-0.25, -0.2) is 0 Å². The third-order valence-corrected chi connectivity index (χ3v) is 3.43. The fourth-order valence-electron chi connectivity index (χ4n) is 2.36. The lowest BCUT2D eigenvalue weighted by Gasteiger charge is -2.29. The number of hydrogen-bond acceptors (Lipinski definition) is 2. The Morgan fingerprint density at radius 3 is 2.38 bits per heavy atom. The quantitative estimate of drug-likeness (QED) is 0.720. The normalized spacial score (nSPS) is 29.7. The van der Waals surface area contributed by atoms with Crippen molar-refractivity contribution in [2.75, 3.05) is 6.54 Å². The van der Waals surface area contributed by atoms with Crippen molar-refractivity contribution in [3.05, 3.63) is 0 Å². The Morgan fingerprint density at radius 1 is 1.15 bits per heavy atom. The highest BCUT2D eigenvalue weighted by Crippen LogP contribution is 2.26. The predicted octanol–water partition coefficient (Wildman–Crippen LogP) is 1.89. The number of Topliss-reactive ketones (excluding diaryl/α,β-unsaturated/α-hetero) is 1. The third kappa shape index (κ3) is 2.31. The average molecular weight is 181 g/mol. The van der Waals surface area contributed by atoms with E-state index in [9.17, 15) is 4.79 Å². The smallest absolute Gasteiger partial charge is 0.137 e. The molecule has 0 radical (unpaired) electrons. The maximum Gasteiger partial charge on any atom is 0.137 e. The minimum Gasteiger partial charge on any atom is -0.313 e. The second kappa shape index (κ2) is 4.23. The van der Waals surface area contributed by atoms with Gasteiger partial charge in [-0.1, -0.05) is 19.3 Å². The fourth-order valence-corrected chi connectivity index (χ4v) is 2.36. The summed E-state index contributed by atoms with van der Waals surface area (Å²) in [6.07, 6.45) is 8.20. The van der Waals surface area contributed by atoms with Crippen molar-refractivity contribution in [3.63, 3.8) is 0 Å². The molecule has 2 heteroatoms. The second-order valence-electron chi connectivity index (χ2n) is 4.45. The van der Waals surface area contributed by atoms with Crippen molar-refractivity contribution < 1.29 is 4.79 Å². The largest absolute Gasteiger partial charge is 0.313 e. The first kappa shape index (κ1) is 9.20. The van der Waals surface area contributed by atoms with Crippen molar-refractivity contribution >= 4 is 5.78 Å². The van der Waals surface area contributed by atoms with Crippen LogP contribution in [-0.2, 0) is 4.79 Å². The lowest BCUT2D eigenvalue weighted by Crippen LogP contribution is -2.44. The molecule has 1 saturated carbocycles. The van der Waals surface area contributed by atoms with Crippen LogP contribution in [0.2, 0.25) is 0 Å². The van der Waals surface area contributed by atoms with Crippen LogP contribution in [0.15, 0.2) is 0 Å². The molecule has 1 aliphatic heterocycles. The molecule has 0 aromatic heterocycles. The Labute approximate surface area is 80.1 Å². The molecular weight excluding hydrogens is 162 g/mol. The zero-order chi connectivity index (χ0) is 9.10. The molecule has 13 heavy (non-hydrogen) atoms. The van der Waals surface area contributed by atoms with E-state index in [0.717, 1.165) is 25.8 Å². The van der Waals surface area contributed by atoms with Crippen LogP contribution >= 0.6 is 0 Å². The van der Waals surface area contributed by atoms with Crippen LogP contribution < -0.4 is 5.32 Å². The molecule has 0 aromatic rings. The molecule has 2 aliphatic rings. The SMILES string of the molecule is O=C(CC1CCN1)C1CCCCC1. The first-order chi connectivity index (χ1) is 6.36. The number of hydrogen-bond donors (Lipinski definition) is 1. The topological polar surface area (TPSA) is 29.1 Å². The first-order valence-corrected chi connectivity index (χ1v) is 5.62. The molecule has 0 amide bonds. The van der Waals surface area contributed by atoms with Gasteiger partial charge in [-0.05, 0) is 25.8 Å². The van der Waals surface area contributed by atoms with Crippen LogP contribution in [0.25, 0.3) is 0 Å². The molecule has 1 atom stereocenters. The standard InChI is InChI=1S/C11H19NO/c13-11(8-10-6-7-12-10)9-4-2-1-3-5-9/h9-10,12H,1-8H2. The highest BCUT2D eigenvalue weighted by Gasteiger charge is 2.25. The summed E-state index contributed by atoms with van der Waals surface area (Å²) in [4.78, 5) is 11.8. The zero-order valence-corrected chi connectivity index (χ0v) is 8.22. The van der Waals surface area contributed by atoms with E-state index in [1.807, 2.05) is 0 Å². The van der Waals surface area contributed by atoms with E-state index in [1.54, 1.807) is 0 Å². The van der Waals surface area contributed by atoms with Gasteiger partial charge in [0.25, 0.3) is 0 Å². The monoisotopic (exact) mass is 181 g/mol. The minimum absolute atomic E-state index is 0.413. The van der Waals surface area contributed by atoms with Crippen molar-refractivity contribution in [2.24, 2.45) is 5.92 Å². The number of ketones is 1. The maximum atomic E-state index is 11.8. The van der Waals surface area contributed by atoms with Crippen LogP contribution in [0.5, 0.6) is 0 Å². The molecule has 2 rings (SSSR count). The van der Waals surface area contributed by atoms with Gasteiger partial charge in [-0.15, -0.1) is 0 Å². The van der Waals surface area contributed by atoms with Crippen LogP contribution in [0.4, 0.5) is 0 Å². The van der Waals surface area contributed by atoms with Gasteiger partial charge >= 0.3 is 0 Å². The van der Waals surface area contributed by atoms with Crippen molar-refractivity contribution in [3.8, 4) is 0 Å². The number of nitrogens with one attached hydrogen (secondary N) is 1. The molecule has 0 spiro atoms. The number of rotatable bonds is 3. The highest BCUT2D eigenvalue weighted by atomic mass is 16.1. The first-order valence-electron chi connectivity index (χ1n) is 5.62. The summed E-state index contributed by atoms with van der Waals surface area (Å²) in [6, 6.07) is 0.523. The van der Waals surface area contributed by atoms with E-state index in [0.29, 0.717) is 17.7 Å². The second-order valence-corrected chi connectivity index (χ2v) is 4.45. The maximum absolute atomic E-state index is 11.8. The Kier molecular flexibility index (Phi) is 2.99. The summed E-state index contributed by atoms with van der Waals surface area (Å²) in [5, 5.41) is 3.29. The van der Waals surface area contributed by atoms with Gasteiger partial charge in [0, 0.05) is 18.4 Å². The van der Waals surface area contributed by atoms with Crippen LogP contribution in [0.3, 0.4) is 0 Å². The van der Waals surface area contributed by atoms with Gasteiger partial charge < -0.3 is 5.32 Å². The summed E-state index contributed by atoms with van der Waals surface area (Å²) >= 11 is 0. The minimum atomic E-state index is 0.413. The van der Waals surface area contributed by atoms with Crippen molar-refractivity contribution in [1.82, 2.24) is 5.32 Å². The van der Waals surface area contributed by atoms with Crippen LogP contribution in [0.1, 0.15) is 44.9 Å². The lowest BCUT2D eigenvalue weighted by atomic mass is 9.83. The fraction of sp³-hybridized carbons (Fsp3) is 0.909. The number of carbonyl (C=O) groups excluding carboxylic acids is 1. The third-order valence-electron chi connectivity index (χ3n) is 3.43. The molecular formula is C11H19NO. The molecule has 0 aromatic carbocycles. The Bertz CT molecular complexity index is 181. The molecule has 2 nitrogen and oxygen atoms in total. The van der Waals surface area contributed by atoms with Gasteiger partial charge in [-0.2, -0.15) is 0 Å². The van der Waals surface area contributed by atoms with E-state index in [4.69, 9.17) is 0 Å². The lowest BCUT2D eigenvalue weighted by molar-refractivity contribution is -0.124. The molecule has 1 saturated heterocycles. The van der Waals surface area contributed by atoms with E-state index in [2.05, 4.69) is 5.32 Å². The summed E-state index contributed by atoms with van der Waals surface area (Å²) in [5.74, 6) is 0.938. The average Bonchev–Trinajstić information content (AvgIpc) is 2.12. The van der Waals surface area contributed by atoms with Crippen LogP contribution in [0, 0.1) is 5.92 Å². The van der Waals surface area contributed by atoms with Crippen LogP contribution in [-0.4, -0.2) is 18.4 Å². The van der Waals surface area contributed by atoms with Gasteiger partial charge in [0.1, 0.15) is 5.78 Å². The van der Waals surface area contributed by atoms with Gasteiger partial charge in [-0.3, -0.25) is 4.79 Å². The molecule has 1 aliphatic carbocycles. The summed E-state index contributed by atoms with van der Waals surface area (Å²) in [5.41, 5.74) is 0. The van der Waals surface area contributed by atoms with Gasteiger partial charge in [0.2, 0.25) is 0 Å². The predicted molar refractivity (Wildman–Crippen MR) is 52.6 cm³/mol. The van der Waals surface area contributed by atoms with E-state index >= 15 is 0 Å².